The standard InChI is InChI=1S/C15H18N2O3/c1-3-12(4-2)17-15(20)16-10-9-11-7-5-6-8-13(11)14(18)19/h1,5-8,12H,4,9-10H2,2H3,(H,18,19)(H2,16,17,20). The number of urea groups is 1. The van der Waals surface area contributed by atoms with E-state index in [1.54, 1.807) is 24.3 Å². The number of amides is 2. The van der Waals surface area contributed by atoms with Crippen molar-refractivity contribution in [1.29, 1.82) is 0 Å². The lowest BCUT2D eigenvalue weighted by atomic mass is 10.0. The molecule has 1 aromatic rings. The second-order valence-electron chi connectivity index (χ2n) is 4.24. The van der Waals surface area contributed by atoms with E-state index in [1.165, 1.54) is 0 Å². The first-order chi connectivity index (χ1) is 9.58. The van der Waals surface area contributed by atoms with Gasteiger partial charge in [-0.3, -0.25) is 0 Å². The van der Waals surface area contributed by atoms with Crippen molar-refractivity contribution >= 4 is 12.0 Å². The minimum atomic E-state index is -0.969. The third-order valence-corrected chi connectivity index (χ3v) is 2.84. The average Bonchev–Trinajstić information content (AvgIpc) is 2.45. The summed E-state index contributed by atoms with van der Waals surface area (Å²) in [6, 6.07) is 6.09. The van der Waals surface area contributed by atoms with E-state index in [-0.39, 0.29) is 17.6 Å². The first kappa shape index (κ1) is 15.6. The van der Waals surface area contributed by atoms with Crippen LogP contribution in [0.1, 0.15) is 29.3 Å². The molecule has 0 saturated carbocycles. The number of rotatable bonds is 6. The van der Waals surface area contributed by atoms with Crippen LogP contribution < -0.4 is 10.6 Å². The van der Waals surface area contributed by atoms with Crippen molar-refractivity contribution < 1.29 is 14.7 Å². The third kappa shape index (κ3) is 4.65. The van der Waals surface area contributed by atoms with Crippen LogP contribution in [0.5, 0.6) is 0 Å². The van der Waals surface area contributed by atoms with Crippen molar-refractivity contribution in [2.24, 2.45) is 0 Å². The summed E-state index contributed by atoms with van der Waals surface area (Å²) in [5, 5.41) is 14.3. The molecule has 5 heteroatoms. The molecule has 0 aromatic heterocycles. The van der Waals surface area contributed by atoms with Crippen LogP contribution in [-0.4, -0.2) is 29.7 Å². The number of carbonyl (C=O) groups excluding carboxylic acids is 1. The van der Waals surface area contributed by atoms with E-state index in [0.29, 0.717) is 24.9 Å². The quantitative estimate of drug-likeness (QED) is 0.690. The second kappa shape index (κ2) is 7.85. The highest BCUT2D eigenvalue weighted by Gasteiger charge is 2.10. The van der Waals surface area contributed by atoms with Crippen LogP contribution in [-0.2, 0) is 6.42 Å². The molecule has 0 fully saturated rings. The van der Waals surface area contributed by atoms with Gasteiger partial charge in [0, 0.05) is 6.54 Å². The van der Waals surface area contributed by atoms with Gasteiger partial charge in [-0.25, -0.2) is 9.59 Å². The molecule has 0 aliphatic rings. The van der Waals surface area contributed by atoms with Crippen LogP contribution in [0, 0.1) is 12.3 Å². The zero-order valence-electron chi connectivity index (χ0n) is 11.3. The molecule has 1 atom stereocenters. The SMILES string of the molecule is C#CC(CC)NC(=O)NCCc1ccccc1C(=O)O. The molecule has 0 heterocycles. The first-order valence-electron chi connectivity index (χ1n) is 6.40. The topological polar surface area (TPSA) is 78.4 Å². The van der Waals surface area contributed by atoms with Crippen LogP contribution in [0.15, 0.2) is 24.3 Å². The summed E-state index contributed by atoms with van der Waals surface area (Å²) in [6.07, 6.45) is 6.35. The van der Waals surface area contributed by atoms with Gasteiger partial charge >= 0.3 is 12.0 Å². The van der Waals surface area contributed by atoms with Gasteiger partial charge in [-0.15, -0.1) is 6.42 Å². The van der Waals surface area contributed by atoms with Crippen molar-refractivity contribution in [2.45, 2.75) is 25.8 Å². The lowest BCUT2D eigenvalue weighted by molar-refractivity contribution is 0.0695. The fraction of sp³-hybridized carbons (Fsp3) is 0.333. The average molecular weight is 274 g/mol. The van der Waals surface area contributed by atoms with Crippen molar-refractivity contribution in [2.75, 3.05) is 6.54 Å². The summed E-state index contributed by atoms with van der Waals surface area (Å²) >= 11 is 0. The van der Waals surface area contributed by atoms with E-state index in [2.05, 4.69) is 16.6 Å². The molecule has 0 radical (unpaired) electrons. The molecule has 0 bridgehead atoms. The molecule has 1 unspecified atom stereocenters. The maximum Gasteiger partial charge on any atom is 0.335 e. The van der Waals surface area contributed by atoms with Crippen molar-refractivity contribution in [3.05, 3.63) is 35.4 Å². The van der Waals surface area contributed by atoms with Gasteiger partial charge < -0.3 is 15.7 Å². The zero-order chi connectivity index (χ0) is 15.0. The number of carboxylic acids is 1. The molecule has 0 aliphatic heterocycles. The highest BCUT2D eigenvalue weighted by atomic mass is 16.4. The molecule has 1 aromatic carbocycles. The van der Waals surface area contributed by atoms with Gasteiger partial charge in [0.2, 0.25) is 0 Å². The molecule has 20 heavy (non-hydrogen) atoms. The Hall–Kier alpha value is -2.48. The van der Waals surface area contributed by atoms with Crippen LogP contribution in [0.3, 0.4) is 0 Å². The molecule has 2 amide bonds. The Labute approximate surface area is 118 Å². The monoisotopic (exact) mass is 274 g/mol. The van der Waals surface area contributed by atoms with Gasteiger partial charge in [0.15, 0.2) is 0 Å². The summed E-state index contributed by atoms with van der Waals surface area (Å²) in [7, 11) is 0. The predicted octanol–water partition coefficient (Wildman–Crippen LogP) is 1.64. The lowest BCUT2D eigenvalue weighted by Crippen LogP contribution is -2.41. The summed E-state index contributed by atoms with van der Waals surface area (Å²) in [5.74, 6) is 1.50. The summed E-state index contributed by atoms with van der Waals surface area (Å²) in [4.78, 5) is 22.6. The van der Waals surface area contributed by atoms with E-state index in [9.17, 15) is 9.59 Å². The number of carbonyl (C=O) groups is 2. The van der Waals surface area contributed by atoms with E-state index < -0.39 is 5.97 Å². The van der Waals surface area contributed by atoms with Gasteiger partial charge in [0.25, 0.3) is 0 Å². The fourth-order valence-corrected chi connectivity index (χ4v) is 1.73. The zero-order valence-corrected chi connectivity index (χ0v) is 11.3. The molecular formula is C15H18N2O3. The van der Waals surface area contributed by atoms with Crippen molar-refractivity contribution in [3.63, 3.8) is 0 Å². The van der Waals surface area contributed by atoms with E-state index >= 15 is 0 Å². The van der Waals surface area contributed by atoms with Gasteiger partial charge in [-0.1, -0.05) is 31.0 Å². The van der Waals surface area contributed by atoms with Crippen LogP contribution in [0.2, 0.25) is 0 Å². The smallest absolute Gasteiger partial charge is 0.335 e. The number of aromatic carboxylic acids is 1. The number of carboxylic acid groups (broad SMARTS) is 1. The molecule has 0 spiro atoms. The van der Waals surface area contributed by atoms with E-state index in [1.807, 2.05) is 6.92 Å². The Balaban J connectivity index is 2.47. The number of hydrogen-bond donors (Lipinski definition) is 3. The lowest BCUT2D eigenvalue weighted by Gasteiger charge is -2.12. The normalized spacial score (nSPS) is 11.2. The number of hydrogen-bond acceptors (Lipinski definition) is 2. The fourth-order valence-electron chi connectivity index (χ4n) is 1.73. The minimum Gasteiger partial charge on any atom is -0.478 e. The van der Waals surface area contributed by atoms with Gasteiger partial charge in [0.05, 0.1) is 11.6 Å². The van der Waals surface area contributed by atoms with Gasteiger partial charge in [0.1, 0.15) is 0 Å². The molecule has 0 saturated heterocycles. The second-order valence-corrected chi connectivity index (χ2v) is 4.24. The van der Waals surface area contributed by atoms with E-state index in [4.69, 9.17) is 11.5 Å². The largest absolute Gasteiger partial charge is 0.478 e. The van der Waals surface area contributed by atoms with Gasteiger partial charge in [-0.2, -0.15) is 0 Å². The molecule has 5 nitrogen and oxygen atoms in total. The highest BCUT2D eigenvalue weighted by Crippen LogP contribution is 2.08. The van der Waals surface area contributed by atoms with Crippen LogP contribution in [0.25, 0.3) is 0 Å². The van der Waals surface area contributed by atoms with Crippen molar-refractivity contribution in [3.8, 4) is 12.3 Å². The molecular weight excluding hydrogens is 256 g/mol. The predicted molar refractivity (Wildman–Crippen MR) is 76.6 cm³/mol. The third-order valence-electron chi connectivity index (χ3n) is 2.84. The Kier molecular flexibility index (Phi) is 6.11. The maximum atomic E-state index is 11.5. The Bertz CT molecular complexity index is 520. The summed E-state index contributed by atoms with van der Waals surface area (Å²) < 4.78 is 0. The van der Waals surface area contributed by atoms with Crippen LogP contribution >= 0.6 is 0 Å². The van der Waals surface area contributed by atoms with E-state index in [0.717, 1.165) is 0 Å². The highest BCUT2D eigenvalue weighted by molar-refractivity contribution is 5.89. The number of benzene rings is 1. The molecule has 106 valence electrons. The van der Waals surface area contributed by atoms with Crippen LogP contribution in [0.4, 0.5) is 4.79 Å². The molecule has 1 rings (SSSR count). The maximum absolute atomic E-state index is 11.5. The number of nitrogens with one attached hydrogen (secondary N) is 2. The summed E-state index contributed by atoms with van der Waals surface area (Å²) in [6.45, 7) is 2.23. The summed E-state index contributed by atoms with van der Waals surface area (Å²) in [5.41, 5.74) is 0.939. The Morgan fingerprint density at radius 2 is 2.10 bits per heavy atom. The van der Waals surface area contributed by atoms with Gasteiger partial charge in [-0.05, 0) is 24.5 Å². The molecule has 3 N–H and O–H groups in total. The Morgan fingerprint density at radius 1 is 1.40 bits per heavy atom. The number of terminal acetylenes is 1. The Morgan fingerprint density at radius 3 is 2.70 bits per heavy atom. The molecule has 0 aliphatic carbocycles. The minimum absolute atomic E-state index is 0.254. The first-order valence-corrected chi connectivity index (χ1v) is 6.40. The van der Waals surface area contributed by atoms with Crippen molar-refractivity contribution in [1.82, 2.24) is 10.6 Å².